The van der Waals surface area contributed by atoms with E-state index in [1.807, 2.05) is 23.1 Å². The number of carbonyl (C=O) groups is 1. The van der Waals surface area contributed by atoms with Gasteiger partial charge in [-0.05, 0) is 6.92 Å². The van der Waals surface area contributed by atoms with Gasteiger partial charge in [0.25, 0.3) is 0 Å². The monoisotopic (exact) mass is 211 g/mol. The highest BCUT2D eigenvalue weighted by atomic mass is 32.1. The number of rotatable bonds is 3. The van der Waals surface area contributed by atoms with Crippen LogP contribution in [0.15, 0.2) is 29.2 Å². The third-order valence-electron chi connectivity index (χ3n) is 1.60. The predicted molar refractivity (Wildman–Crippen MR) is 57.1 cm³/mol. The van der Waals surface area contributed by atoms with E-state index >= 15 is 0 Å². The summed E-state index contributed by atoms with van der Waals surface area (Å²) >= 11 is 1.45. The van der Waals surface area contributed by atoms with E-state index in [1.54, 1.807) is 6.08 Å². The minimum Gasteiger partial charge on any atom is -0.333 e. The molecule has 0 atom stereocenters. The van der Waals surface area contributed by atoms with Crippen molar-refractivity contribution in [1.29, 1.82) is 0 Å². The number of amides is 2. The molecule has 0 saturated carbocycles. The van der Waals surface area contributed by atoms with Crippen LogP contribution >= 0.6 is 11.3 Å². The second kappa shape index (κ2) is 5.39. The zero-order valence-electron chi connectivity index (χ0n) is 8.06. The lowest BCUT2D eigenvalue weighted by Crippen LogP contribution is -2.24. The van der Waals surface area contributed by atoms with Crippen LogP contribution in [0.2, 0.25) is 0 Å². The van der Waals surface area contributed by atoms with Gasteiger partial charge < -0.3 is 9.88 Å². The first-order valence-corrected chi connectivity index (χ1v) is 5.23. The second-order valence-electron chi connectivity index (χ2n) is 2.56. The number of aromatic nitrogens is 1. The molecule has 0 aromatic carbocycles. The summed E-state index contributed by atoms with van der Waals surface area (Å²) in [5.41, 5.74) is 0. The lowest BCUT2D eigenvalue weighted by atomic mass is 10.6. The lowest BCUT2D eigenvalue weighted by molar-refractivity contribution is 0.249. The molecule has 76 valence electrons. The smallest absolute Gasteiger partial charge is 0.333 e. The number of hydrogen-bond donors (Lipinski definition) is 1. The third-order valence-corrected chi connectivity index (χ3v) is 2.39. The van der Waals surface area contributed by atoms with E-state index in [2.05, 4.69) is 16.9 Å². The van der Waals surface area contributed by atoms with Gasteiger partial charge in [-0.3, -0.25) is 0 Å². The summed E-state index contributed by atoms with van der Waals surface area (Å²) < 4.78 is 1.91. The van der Waals surface area contributed by atoms with Crippen LogP contribution in [-0.4, -0.2) is 17.1 Å². The van der Waals surface area contributed by atoms with Crippen LogP contribution in [0, 0.1) is 0 Å². The maximum Gasteiger partial charge on any atom is 0.343 e. The quantitative estimate of drug-likeness (QED) is 0.754. The summed E-state index contributed by atoms with van der Waals surface area (Å²) in [6.07, 6.45) is 3.53. The van der Waals surface area contributed by atoms with Gasteiger partial charge in [-0.25, -0.2) is 4.79 Å². The fourth-order valence-corrected chi connectivity index (χ4v) is 1.70. The zero-order chi connectivity index (χ0) is 10.4. The number of carbonyl (C=O) groups excluding carboxylic acids is 1. The Labute approximate surface area is 86.6 Å². The lowest BCUT2D eigenvalue weighted by Gasteiger charge is -1.96. The molecule has 14 heavy (non-hydrogen) atoms. The van der Waals surface area contributed by atoms with Crippen molar-refractivity contribution < 1.29 is 4.79 Å². The van der Waals surface area contributed by atoms with E-state index in [1.165, 1.54) is 11.3 Å². The standard InChI is InChI=1S/C9H13N3OS/c1-3-5-10-8(13)11-9-12(4-2)6-7-14-9/h3,6-7H,1,4-5H2,2H3,(H,10,13). The minimum absolute atomic E-state index is 0.324. The van der Waals surface area contributed by atoms with E-state index in [9.17, 15) is 4.79 Å². The van der Waals surface area contributed by atoms with Crippen LogP contribution in [0.25, 0.3) is 0 Å². The molecule has 5 heteroatoms. The highest BCUT2D eigenvalue weighted by molar-refractivity contribution is 7.07. The summed E-state index contributed by atoms with van der Waals surface area (Å²) in [5.74, 6) is 0. The van der Waals surface area contributed by atoms with Crippen LogP contribution in [0.4, 0.5) is 4.79 Å². The molecule has 1 aromatic heterocycles. The molecule has 0 spiro atoms. The molecule has 0 fully saturated rings. The molecule has 0 radical (unpaired) electrons. The van der Waals surface area contributed by atoms with Gasteiger partial charge in [0.15, 0.2) is 4.80 Å². The van der Waals surface area contributed by atoms with E-state index in [0.717, 1.165) is 6.54 Å². The van der Waals surface area contributed by atoms with E-state index in [0.29, 0.717) is 11.3 Å². The Morgan fingerprint density at radius 3 is 3.29 bits per heavy atom. The zero-order valence-corrected chi connectivity index (χ0v) is 8.88. The normalized spacial score (nSPS) is 11.4. The first-order valence-electron chi connectivity index (χ1n) is 4.35. The SMILES string of the molecule is C=CCNC(=O)N=c1sccn1CC. The van der Waals surface area contributed by atoms with Crippen molar-refractivity contribution in [3.8, 4) is 0 Å². The molecular weight excluding hydrogens is 198 g/mol. The van der Waals surface area contributed by atoms with Crippen LogP contribution < -0.4 is 10.1 Å². The Balaban J connectivity index is 2.76. The molecular formula is C9H13N3OS. The second-order valence-corrected chi connectivity index (χ2v) is 3.43. The molecule has 0 aliphatic carbocycles. The van der Waals surface area contributed by atoms with Gasteiger partial charge in [0.2, 0.25) is 0 Å². The van der Waals surface area contributed by atoms with Crippen LogP contribution in [0.3, 0.4) is 0 Å². The van der Waals surface area contributed by atoms with Crippen LogP contribution in [-0.2, 0) is 6.54 Å². The van der Waals surface area contributed by atoms with Gasteiger partial charge in [-0.15, -0.1) is 17.9 Å². The van der Waals surface area contributed by atoms with Crippen molar-refractivity contribution >= 4 is 17.4 Å². The molecule has 1 rings (SSSR count). The Bertz CT molecular complexity index is 377. The van der Waals surface area contributed by atoms with Gasteiger partial charge in [-0.2, -0.15) is 4.99 Å². The maximum absolute atomic E-state index is 11.2. The highest BCUT2D eigenvalue weighted by Crippen LogP contribution is 1.89. The summed E-state index contributed by atoms with van der Waals surface area (Å²) in [7, 11) is 0. The van der Waals surface area contributed by atoms with Gasteiger partial charge in [0.1, 0.15) is 0 Å². The van der Waals surface area contributed by atoms with Crippen molar-refractivity contribution in [3.05, 3.63) is 29.0 Å². The molecule has 0 saturated heterocycles. The summed E-state index contributed by atoms with van der Waals surface area (Å²) in [6, 6.07) is -0.324. The fourth-order valence-electron chi connectivity index (χ4n) is 0.913. The third kappa shape index (κ3) is 2.85. The maximum atomic E-state index is 11.2. The topological polar surface area (TPSA) is 46.4 Å². The van der Waals surface area contributed by atoms with Gasteiger partial charge in [-0.1, -0.05) is 6.08 Å². The van der Waals surface area contributed by atoms with E-state index < -0.39 is 0 Å². The van der Waals surface area contributed by atoms with E-state index in [4.69, 9.17) is 0 Å². The largest absolute Gasteiger partial charge is 0.343 e. The van der Waals surface area contributed by atoms with Crippen molar-refractivity contribution in [2.75, 3.05) is 6.54 Å². The average molecular weight is 211 g/mol. The molecule has 0 aliphatic heterocycles. The summed E-state index contributed by atoms with van der Waals surface area (Å²) in [4.78, 5) is 15.8. The Morgan fingerprint density at radius 1 is 1.86 bits per heavy atom. The Hall–Kier alpha value is -1.36. The number of nitrogens with one attached hydrogen (secondary N) is 1. The molecule has 0 unspecified atom stereocenters. The molecule has 1 heterocycles. The van der Waals surface area contributed by atoms with Gasteiger partial charge >= 0.3 is 6.03 Å². The molecule has 1 N–H and O–H groups in total. The molecule has 0 aliphatic rings. The summed E-state index contributed by atoms with van der Waals surface area (Å²) in [5, 5.41) is 4.50. The number of nitrogens with zero attached hydrogens (tertiary/aromatic N) is 2. The molecule has 0 bridgehead atoms. The number of aryl methyl sites for hydroxylation is 1. The number of urea groups is 1. The minimum atomic E-state index is -0.324. The average Bonchev–Trinajstić information content (AvgIpc) is 2.62. The van der Waals surface area contributed by atoms with Gasteiger partial charge in [0, 0.05) is 24.7 Å². The van der Waals surface area contributed by atoms with Crippen molar-refractivity contribution in [3.63, 3.8) is 0 Å². The van der Waals surface area contributed by atoms with Gasteiger partial charge in [0.05, 0.1) is 0 Å². The van der Waals surface area contributed by atoms with Crippen LogP contribution in [0.5, 0.6) is 0 Å². The highest BCUT2D eigenvalue weighted by Gasteiger charge is 1.96. The van der Waals surface area contributed by atoms with Crippen molar-refractivity contribution in [2.24, 2.45) is 4.99 Å². The molecule has 2 amide bonds. The van der Waals surface area contributed by atoms with E-state index in [-0.39, 0.29) is 6.03 Å². The molecule has 4 nitrogen and oxygen atoms in total. The summed E-state index contributed by atoms with van der Waals surface area (Å²) in [6.45, 7) is 6.77. The first kappa shape index (κ1) is 10.7. The van der Waals surface area contributed by atoms with Crippen molar-refractivity contribution in [2.45, 2.75) is 13.5 Å². The fraction of sp³-hybridized carbons (Fsp3) is 0.333. The Morgan fingerprint density at radius 2 is 2.64 bits per heavy atom. The predicted octanol–water partition coefficient (Wildman–Crippen LogP) is 1.37. The first-order chi connectivity index (χ1) is 6.77. The van der Waals surface area contributed by atoms with Crippen molar-refractivity contribution in [1.82, 2.24) is 9.88 Å². The van der Waals surface area contributed by atoms with Crippen LogP contribution in [0.1, 0.15) is 6.92 Å². The number of hydrogen-bond acceptors (Lipinski definition) is 2. The Kier molecular flexibility index (Phi) is 4.12. The number of thiazole rings is 1. The molecule has 1 aromatic rings.